The number of phenols is 1. The second kappa shape index (κ2) is 6.17. The fourth-order valence-corrected chi connectivity index (χ4v) is 3.63. The Morgan fingerprint density at radius 3 is 1.67 bits per heavy atom. The van der Waals surface area contributed by atoms with Crippen LogP contribution in [0.25, 0.3) is 0 Å². The molecule has 0 aliphatic heterocycles. The second-order valence-electron chi connectivity index (χ2n) is 7.09. The minimum absolute atomic E-state index is 0.0586. The standard InChI is InChI=1S/C20H18F6O/c1-11-9-14(5-7-16(11)13-3-4-13)18(19(21,22)23,20(24,25)26)15-6-8-17(27)12(2)10-15/h5-10,13,27H,3-4H2,1-2H3. The number of aromatic hydroxyl groups is 1. The molecular formula is C20H18F6O. The molecular weight excluding hydrogens is 370 g/mol. The van der Waals surface area contributed by atoms with Gasteiger partial charge in [-0.3, -0.25) is 0 Å². The lowest BCUT2D eigenvalue weighted by atomic mass is 9.72. The maximum absolute atomic E-state index is 14.1. The highest BCUT2D eigenvalue weighted by Crippen LogP contribution is 2.57. The molecule has 1 aliphatic rings. The third-order valence-electron chi connectivity index (χ3n) is 5.20. The van der Waals surface area contributed by atoms with Gasteiger partial charge in [-0.2, -0.15) is 26.3 Å². The summed E-state index contributed by atoms with van der Waals surface area (Å²) in [6, 6.07) is 5.61. The fourth-order valence-electron chi connectivity index (χ4n) is 3.63. The molecule has 0 unspecified atom stereocenters. The molecule has 0 radical (unpaired) electrons. The molecule has 0 atom stereocenters. The van der Waals surface area contributed by atoms with Crippen molar-refractivity contribution in [2.75, 3.05) is 0 Å². The van der Waals surface area contributed by atoms with Gasteiger partial charge in [-0.05, 0) is 66.5 Å². The van der Waals surface area contributed by atoms with Gasteiger partial charge in [0.05, 0.1) is 0 Å². The van der Waals surface area contributed by atoms with Gasteiger partial charge in [-0.15, -0.1) is 0 Å². The molecule has 0 saturated heterocycles. The highest BCUT2D eigenvalue weighted by Gasteiger charge is 2.72. The number of benzene rings is 2. The van der Waals surface area contributed by atoms with Crippen molar-refractivity contribution in [3.05, 3.63) is 64.2 Å². The van der Waals surface area contributed by atoms with Crippen LogP contribution in [0.3, 0.4) is 0 Å². The molecule has 0 bridgehead atoms. The maximum Gasteiger partial charge on any atom is 0.411 e. The number of alkyl halides is 6. The highest BCUT2D eigenvalue weighted by atomic mass is 19.4. The number of halogens is 6. The second-order valence-corrected chi connectivity index (χ2v) is 7.09. The van der Waals surface area contributed by atoms with Crippen molar-refractivity contribution in [2.24, 2.45) is 0 Å². The Hall–Kier alpha value is -2.18. The topological polar surface area (TPSA) is 20.2 Å². The zero-order valence-electron chi connectivity index (χ0n) is 14.7. The molecule has 146 valence electrons. The van der Waals surface area contributed by atoms with Gasteiger partial charge in [0, 0.05) is 0 Å². The Balaban J connectivity index is 2.33. The number of aryl methyl sites for hydroxylation is 2. The van der Waals surface area contributed by atoms with Crippen LogP contribution >= 0.6 is 0 Å². The molecule has 2 aromatic rings. The first-order chi connectivity index (χ1) is 12.4. The summed E-state index contributed by atoms with van der Waals surface area (Å²) in [5.41, 5.74) is -4.85. The molecule has 7 heteroatoms. The van der Waals surface area contributed by atoms with Crippen LogP contribution in [0.15, 0.2) is 36.4 Å². The summed E-state index contributed by atoms with van der Waals surface area (Å²) in [4.78, 5) is 0. The summed E-state index contributed by atoms with van der Waals surface area (Å²) < 4.78 is 84.6. The van der Waals surface area contributed by atoms with Crippen LogP contribution in [0.5, 0.6) is 5.75 Å². The van der Waals surface area contributed by atoms with Crippen LogP contribution < -0.4 is 0 Å². The monoisotopic (exact) mass is 388 g/mol. The summed E-state index contributed by atoms with van der Waals surface area (Å²) >= 11 is 0. The van der Waals surface area contributed by atoms with Crippen LogP contribution in [0.1, 0.15) is 46.6 Å². The SMILES string of the molecule is Cc1cc(C(c2ccc(C3CC3)c(C)c2)(C(F)(F)F)C(F)(F)F)ccc1O. The van der Waals surface area contributed by atoms with Crippen molar-refractivity contribution in [3.63, 3.8) is 0 Å². The zero-order valence-corrected chi connectivity index (χ0v) is 14.7. The molecule has 1 fully saturated rings. The lowest BCUT2D eigenvalue weighted by Crippen LogP contribution is -2.54. The molecule has 0 aromatic heterocycles. The van der Waals surface area contributed by atoms with Gasteiger partial charge in [-0.25, -0.2) is 0 Å². The Kier molecular flexibility index (Phi) is 4.48. The molecule has 27 heavy (non-hydrogen) atoms. The van der Waals surface area contributed by atoms with Crippen LogP contribution in [0.2, 0.25) is 0 Å². The molecule has 2 aromatic carbocycles. The van der Waals surface area contributed by atoms with E-state index in [4.69, 9.17) is 0 Å². The number of hydrogen-bond acceptors (Lipinski definition) is 1. The summed E-state index contributed by atoms with van der Waals surface area (Å²) in [7, 11) is 0. The Morgan fingerprint density at radius 2 is 1.26 bits per heavy atom. The quantitative estimate of drug-likeness (QED) is 0.612. The van der Waals surface area contributed by atoms with Gasteiger partial charge in [0.2, 0.25) is 5.41 Å². The summed E-state index contributed by atoms with van der Waals surface area (Å²) in [5.74, 6) is -0.154. The van der Waals surface area contributed by atoms with Crippen molar-refractivity contribution in [1.29, 1.82) is 0 Å². The summed E-state index contributed by atoms with van der Waals surface area (Å²) in [6.07, 6.45) is -9.47. The van der Waals surface area contributed by atoms with E-state index in [1.54, 1.807) is 0 Å². The van der Waals surface area contributed by atoms with Gasteiger partial charge in [-0.1, -0.05) is 30.3 Å². The van der Waals surface area contributed by atoms with E-state index in [-0.39, 0.29) is 17.2 Å². The average molecular weight is 388 g/mol. The lowest BCUT2D eigenvalue weighted by Gasteiger charge is -2.38. The van der Waals surface area contributed by atoms with Crippen LogP contribution in [-0.2, 0) is 5.41 Å². The van der Waals surface area contributed by atoms with E-state index in [9.17, 15) is 31.4 Å². The van der Waals surface area contributed by atoms with E-state index >= 15 is 0 Å². The molecule has 0 spiro atoms. The molecule has 0 heterocycles. The van der Waals surface area contributed by atoms with E-state index in [1.165, 1.54) is 19.9 Å². The molecule has 3 rings (SSSR count). The number of hydrogen-bond donors (Lipinski definition) is 1. The highest BCUT2D eigenvalue weighted by molar-refractivity contribution is 5.50. The average Bonchev–Trinajstić information content (AvgIpc) is 3.33. The number of phenolic OH excluding ortho intramolecular Hbond substituents is 1. The Labute approximate surface area is 152 Å². The lowest BCUT2D eigenvalue weighted by molar-refractivity contribution is -0.288. The Bertz CT molecular complexity index is 848. The number of rotatable bonds is 3. The predicted octanol–water partition coefficient (Wildman–Crippen LogP) is 6.30. The van der Waals surface area contributed by atoms with Gasteiger partial charge in [0.25, 0.3) is 0 Å². The van der Waals surface area contributed by atoms with E-state index < -0.39 is 28.9 Å². The molecule has 1 nitrogen and oxygen atoms in total. The normalized spacial score (nSPS) is 15.9. The van der Waals surface area contributed by atoms with E-state index in [2.05, 4.69) is 0 Å². The van der Waals surface area contributed by atoms with Crippen molar-refractivity contribution < 1.29 is 31.4 Å². The molecule has 0 amide bonds. The third kappa shape index (κ3) is 3.07. The van der Waals surface area contributed by atoms with Crippen LogP contribution in [0, 0.1) is 13.8 Å². The van der Waals surface area contributed by atoms with Gasteiger partial charge in [0.1, 0.15) is 5.75 Å². The minimum atomic E-state index is -5.62. The molecule has 1 saturated carbocycles. The zero-order chi connectivity index (χ0) is 20.2. The summed E-state index contributed by atoms with van der Waals surface area (Å²) in [5, 5.41) is 9.57. The third-order valence-corrected chi connectivity index (χ3v) is 5.20. The minimum Gasteiger partial charge on any atom is -0.508 e. The van der Waals surface area contributed by atoms with E-state index in [0.29, 0.717) is 11.6 Å². The van der Waals surface area contributed by atoms with Gasteiger partial charge < -0.3 is 5.11 Å². The molecule has 1 N–H and O–H groups in total. The smallest absolute Gasteiger partial charge is 0.411 e. The molecule has 1 aliphatic carbocycles. The first-order valence-corrected chi connectivity index (χ1v) is 8.44. The predicted molar refractivity (Wildman–Crippen MR) is 88.9 cm³/mol. The van der Waals surface area contributed by atoms with Gasteiger partial charge in [0.15, 0.2) is 0 Å². The van der Waals surface area contributed by atoms with Crippen molar-refractivity contribution in [2.45, 2.75) is 50.4 Å². The van der Waals surface area contributed by atoms with Crippen LogP contribution in [0.4, 0.5) is 26.3 Å². The van der Waals surface area contributed by atoms with Crippen LogP contribution in [-0.4, -0.2) is 17.5 Å². The fraction of sp³-hybridized carbons (Fsp3) is 0.400. The summed E-state index contributed by atoms with van der Waals surface area (Å²) in [6.45, 7) is 2.80. The Morgan fingerprint density at radius 1 is 0.778 bits per heavy atom. The maximum atomic E-state index is 14.1. The first kappa shape index (κ1) is 19.6. The largest absolute Gasteiger partial charge is 0.508 e. The van der Waals surface area contributed by atoms with Gasteiger partial charge >= 0.3 is 12.4 Å². The van der Waals surface area contributed by atoms with E-state index in [1.807, 2.05) is 0 Å². The van der Waals surface area contributed by atoms with Crippen molar-refractivity contribution in [3.8, 4) is 5.75 Å². The van der Waals surface area contributed by atoms with Crippen molar-refractivity contribution >= 4 is 0 Å². The first-order valence-electron chi connectivity index (χ1n) is 8.44. The van der Waals surface area contributed by atoms with Crippen molar-refractivity contribution in [1.82, 2.24) is 0 Å². The van der Waals surface area contributed by atoms with E-state index in [0.717, 1.165) is 42.7 Å².